The van der Waals surface area contributed by atoms with E-state index in [4.69, 9.17) is 19.9 Å². The van der Waals surface area contributed by atoms with Crippen LogP contribution < -0.4 is 21.9 Å². The third kappa shape index (κ3) is 6.24. The molecule has 0 saturated heterocycles. The van der Waals surface area contributed by atoms with E-state index in [1.54, 1.807) is 0 Å². The molecule has 120 valence electrons. The zero-order valence-corrected chi connectivity index (χ0v) is 12.5. The number of ether oxygens (including phenoxy) is 3. The molecule has 1 rings (SSSR count). The molecule has 0 amide bonds. The van der Waals surface area contributed by atoms with Gasteiger partial charge < -0.3 is 25.3 Å². The minimum Gasteiger partial charge on any atom is -0.394 e. The zero-order chi connectivity index (χ0) is 15.5. The van der Waals surface area contributed by atoms with Gasteiger partial charge in [-0.2, -0.15) is 0 Å². The highest BCUT2D eigenvalue weighted by Crippen LogP contribution is 2.08. The molecule has 0 fully saturated rings. The van der Waals surface area contributed by atoms with Crippen molar-refractivity contribution in [3.63, 3.8) is 0 Å². The summed E-state index contributed by atoms with van der Waals surface area (Å²) in [6.45, 7) is 6.17. The lowest BCUT2D eigenvalue weighted by atomic mass is 10.2. The Morgan fingerprint density at radius 3 is 2.05 bits per heavy atom. The lowest BCUT2D eigenvalue weighted by molar-refractivity contribution is 0.0146. The molecular formula is C14H24N2O5. The normalized spacial score (nSPS) is 11.1. The van der Waals surface area contributed by atoms with Gasteiger partial charge in [0.1, 0.15) is 11.4 Å². The smallest absolute Gasteiger partial charge is 0.253 e. The third-order valence-corrected chi connectivity index (χ3v) is 2.81. The topological polar surface area (TPSA) is 99.9 Å². The summed E-state index contributed by atoms with van der Waals surface area (Å²) >= 11 is 0. The molecule has 7 heteroatoms. The highest BCUT2D eigenvalue weighted by molar-refractivity contribution is 5.71. The Labute approximate surface area is 124 Å². The van der Waals surface area contributed by atoms with E-state index in [0.717, 1.165) is 19.4 Å². The van der Waals surface area contributed by atoms with Gasteiger partial charge >= 0.3 is 0 Å². The van der Waals surface area contributed by atoms with Crippen LogP contribution in [0.5, 0.6) is 0 Å². The van der Waals surface area contributed by atoms with Gasteiger partial charge in [0.15, 0.2) is 0 Å². The molecule has 21 heavy (non-hydrogen) atoms. The summed E-state index contributed by atoms with van der Waals surface area (Å²) in [6, 6.07) is 0. The van der Waals surface area contributed by atoms with Crippen LogP contribution in [0, 0.1) is 0 Å². The summed E-state index contributed by atoms with van der Waals surface area (Å²) in [5.74, 6) is 0. The number of nitrogen functional groups attached to an aromatic ring is 1. The number of anilines is 2. The molecule has 0 bridgehead atoms. The molecule has 0 aliphatic carbocycles. The number of rotatable bonds is 13. The van der Waals surface area contributed by atoms with Crippen molar-refractivity contribution in [2.75, 3.05) is 57.2 Å². The molecule has 1 aromatic carbocycles. The minimum absolute atomic E-state index is 0.0274. The molecule has 0 radical (unpaired) electrons. The van der Waals surface area contributed by atoms with Crippen LogP contribution in [0.2, 0.25) is 0 Å². The lowest BCUT2D eigenvalue weighted by Crippen LogP contribution is -2.37. The standard InChI is InChI=1S/C14H24N2O5/c1-2-5-19-7-9-21-10-8-20-6-3-4-16-12-11(15)13(17)14(12)18/h16H,2-10,15H2,1H3. The van der Waals surface area contributed by atoms with E-state index in [-0.39, 0.29) is 11.4 Å². The molecule has 0 heterocycles. The summed E-state index contributed by atoms with van der Waals surface area (Å²) in [5.41, 5.74) is 4.51. The quantitative estimate of drug-likeness (QED) is 0.394. The van der Waals surface area contributed by atoms with E-state index >= 15 is 0 Å². The second-order valence-electron chi connectivity index (χ2n) is 4.56. The number of nitrogens with two attached hydrogens (primary N) is 1. The average Bonchev–Trinajstić information content (AvgIpc) is 2.51. The fourth-order valence-electron chi connectivity index (χ4n) is 1.66. The van der Waals surface area contributed by atoms with Gasteiger partial charge in [0.05, 0.1) is 26.4 Å². The maximum absolute atomic E-state index is 11.1. The predicted octanol–water partition coefficient (Wildman–Crippen LogP) is 0.127. The molecule has 0 aromatic heterocycles. The van der Waals surface area contributed by atoms with Gasteiger partial charge in [0.2, 0.25) is 0 Å². The largest absolute Gasteiger partial charge is 0.394 e. The van der Waals surface area contributed by atoms with Crippen LogP contribution in [0.15, 0.2) is 9.59 Å². The van der Waals surface area contributed by atoms with Gasteiger partial charge in [0, 0.05) is 19.8 Å². The van der Waals surface area contributed by atoms with Gasteiger partial charge in [-0.05, 0) is 12.8 Å². The van der Waals surface area contributed by atoms with Crippen LogP contribution in [0.4, 0.5) is 11.4 Å². The van der Waals surface area contributed by atoms with E-state index in [0.29, 0.717) is 39.6 Å². The monoisotopic (exact) mass is 300 g/mol. The molecule has 0 aliphatic heterocycles. The zero-order valence-electron chi connectivity index (χ0n) is 12.5. The van der Waals surface area contributed by atoms with Crippen LogP contribution in [-0.4, -0.2) is 46.2 Å². The summed E-state index contributed by atoms with van der Waals surface area (Å²) in [7, 11) is 0. The second kappa shape index (κ2) is 10.3. The average molecular weight is 300 g/mol. The Balaban J connectivity index is 1.85. The molecular weight excluding hydrogens is 276 g/mol. The highest BCUT2D eigenvalue weighted by atomic mass is 16.5. The fraction of sp³-hybridized carbons (Fsp3) is 0.714. The molecule has 0 atom stereocenters. The summed E-state index contributed by atoms with van der Waals surface area (Å²) in [6.07, 6.45) is 1.73. The van der Waals surface area contributed by atoms with Gasteiger partial charge in [0.25, 0.3) is 10.9 Å². The Morgan fingerprint density at radius 1 is 0.905 bits per heavy atom. The van der Waals surface area contributed by atoms with Crippen molar-refractivity contribution in [1.29, 1.82) is 0 Å². The molecule has 1 aromatic rings. The van der Waals surface area contributed by atoms with Crippen LogP contribution in [0.1, 0.15) is 19.8 Å². The van der Waals surface area contributed by atoms with Gasteiger partial charge in [-0.1, -0.05) is 6.92 Å². The summed E-state index contributed by atoms with van der Waals surface area (Å²) in [5, 5.41) is 2.84. The first kappa shape index (κ1) is 17.6. The van der Waals surface area contributed by atoms with Crippen molar-refractivity contribution in [2.45, 2.75) is 19.8 Å². The highest BCUT2D eigenvalue weighted by Gasteiger charge is 2.16. The van der Waals surface area contributed by atoms with Gasteiger partial charge in [-0.15, -0.1) is 0 Å². The molecule has 0 spiro atoms. The molecule has 0 saturated carbocycles. The van der Waals surface area contributed by atoms with Gasteiger partial charge in [-0.3, -0.25) is 9.59 Å². The SMILES string of the molecule is CCCOCCOCCOCCCNc1c(N)c(=O)c1=O. The number of hydrogen-bond donors (Lipinski definition) is 2. The second-order valence-corrected chi connectivity index (χ2v) is 4.56. The van der Waals surface area contributed by atoms with Crippen molar-refractivity contribution in [2.24, 2.45) is 0 Å². The van der Waals surface area contributed by atoms with Crippen LogP contribution in [0.3, 0.4) is 0 Å². The van der Waals surface area contributed by atoms with E-state index in [1.165, 1.54) is 0 Å². The third-order valence-electron chi connectivity index (χ3n) is 2.81. The van der Waals surface area contributed by atoms with Crippen molar-refractivity contribution in [3.05, 3.63) is 20.4 Å². The van der Waals surface area contributed by atoms with Crippen molar-refractivity contribution >= 4 is 11.4 Å². The Morgan fingerprint density at radius 2 is 1.48 bits per heavy atom. The first-order valence-electron chi connectivity index (χ1n) is 7.24. The van der Waals surface area contributed by atoms with Crippen molar-refractivity contribution < 1.29 is 14.2 Å². The first-order valence-corrected chi connectivity index (χ1v) is 7.24. The van der Waals surface area contributed by atoms with Crippen LogP contribution in [0.25, 0.3) is 0 Å². The van der Waals surface area contributed by atoms with E-state index in [9.17, 15) is 9.59 Å². The Hall–Kier alpha value is -1.44. The summed E-state index contributed by atoms with van der Waals surface area (Å²) < 4.78 is 16.0. The fourth-order valence-corrected chi connectivity index (χ4v) is 1.66. The number of nitrogens with one attached hydrogen (secondary N) is 1. The van der Waals surface area contributed by atoms with E-state index in [1.807, 2.05) is 0 Å². The Kier molecular flexibility index (Phi) is 8.65. The molecule has 0 aliphatic rings. The number of hydrogen-bond acceptors (Lipinski definition) is 7. The van der Waals surface area contributed by atoms with Crippen molar-refractivity contribution in [1.82, 2.24) is 0 Å². The Bertz CT molecular complexity index is 468. The minimum atomic E-state index is -0.603. The van der Waals surface area contributed by atoms with E-state index < -0.39 is 10.9 Å². The molecule has 7 nitrogen and oxygen atoms in total. The van der Waals surface area contributed by atoms with Crippen LogP contribution in [-0.2, 0) is 14.2 Å². The van der Waals surface area contributed by atoms with Crippen LogP contribution >= 0.6 is 0 Å². The summed E-state index contributed by atoms with van der Waals surface area (Å²) in [4.78, 5) is 22.0. The molecule has 0 unspecified atom stereocenters. The molecule has 3 N–H and O–H groups in total. The predicted molar refractivity (Wildman–Crippen MR) is 81.6 cm³/mol. The van der Waals surface area contributed by atoms with E-state index in [2.05, 4.69) is 12.2 Å². The maximum atomic E-state index is 11.1. The lowest BCUT2D eigenvalue weighted by Gasteiger charge is -2.10. The van der Waals surface area contributed by atoms with Gasteiger partial charge in [-0.25, -0.2) is 0 Å². The van der Waals surface area contributed by atoms with Crippen molar-refractivity contribution in [3.8, 4) is 0 Å². The first-order chi connectivity index (χ1) is 10.2. The maximum Gasteiger partial charge on any atom is 0.253 e.